The minimum Gasteiger partial charge on any atom is -0.481 e. The van der Waals surface area contributed by atoms with Crippen LogP contribution in [-0.2, 0) is 11.3 Å². The number of aromatic nitrogens is 2. The summed E-state index contributed by atoms with van der Waals surface area (Å²) in [5, 5.41) is 11.5. The van der Waals surface area contributed by atoms with E-state index in [4.69, 9.17) is 5.11 Å². The molecule has 2 rings (SSSR count). The number of rotatable bonds is 5. The molecule has 1 unspecified atom stereocenters. The van der Waals surface area contributed by atoms with Gasteiger partial charge in [0, 0.05) is 25.7 Å². The number of carboxylic acid groups (broad SMARTS) is 1. The maximum absolute atomic E-state index is 12.0. The van der Waals surface area contributed by atoms with E-state index in [-0.39, 0.29) is 18.4 Å². The molecule has 0 aromatic carbocycles. The molecule has 0 saturated carbocycles. The maximum Gasteiger partial charge on any atom is 0.317 e. The zero-order chi connectivity index (χ0) is 14.4. The van der Waals surface area contributed by atoms with E-state index in [9.17, 15) is 9.59 Å². The summed E-state index contributed by atoms with van der Waals surface area (Å²) >= 11 is 0. The molecule has 2 amide bonds. The highest BCUT2D eigenvalue weighted by Gasteiger charge is 2.26. The molecule has 7 nitrogen and oxygen atoms in total. The molecule has 1 aliphatic rings. The number of nitrogens with zero attached hydrogens (tertiary/aromatic N) is 3. The topological polar surface area (TPSA) is 95.4 Å². The number of carbonyl (C=O) groups is 2. The Kier molecular flexibility index (Phi) is 4.86. The summed E-state index contributed by atoms with van der Waals surface area (Å²) in [7, 11) is 0. The van der Waals surface area contributed by atoms with Gasteiger partial charge in [0.1, 0.15) is 6.33 Å². The van der Waals surface area contributed by atoms with Crippen molar-refractivity contribution in [3.8, 4) is 0 Å². The Bertz CT molecular complexity index is 466. The van der Waals surface area contributed by atoms with Crippen molar-refractivity contribution >= 4 is 12.0 Å². The van der Waals surface area contributed by atoms with Crippen LogP contribution in [0.1, 0.15) is 25.0 Å². The molecule has 2 heterocycles. The van der Waals surface area contributed by atoms with Crippen molar-refractivity contribution in [1.29, 1.82) is 0 Å². The van der Waals surface area contributed by atoms with Crippen molar-refractivity contribution in [3.63, 3.8) is 0 Å². The molecule has 1 aromatic rings. The van der Waals surface area contributed by atoms with Crippen LogP contribution in [0.25, 0.3) is 0 Å². The summed E-state index contributed by atoms with van der Waals surface area (Å²) in [6.45, 7) is 1.68. The zero-order valence-electron chi connectivity index (χ0n) is 11.2. The van der Waals surface area contributed by atoms with Crippen LogP contribution < -0.4 is 5.32 Å². The van der Waals surface area contributed by atoms with E-state index in [0.29, 0.717) is 26.1 Å². The predicted molar refractivity (Wildman–Crippen MR) is 70.8 cm³/mol. The van der Waals surface area contributed by atoms with Crippen LogP contribution in [0.4, 0.5) is 4.79 Å². The van der Waals surface area contributed by atoms with Crippen LogP contribution in [0, 0.1) is 5.92 Å². The molecule has 0 aliphatic carbocycles. The van der Waals surface area contributed by atoms with Crippen LogP contribution in [-0.4, -0.2) is 45.1 Å². The number of carbonyl (C=O) groups excluding carboxylic acids is 1. The number of likely N-dealkylation sites (tertiary alicyclic amines) is 1. The highest BCUT2D eigenvalue weighted by Crippen LogP contribution is 2.20. The molecule has 20 heavy (non-hydrogen) atoms. The summed E-state index contributed by atoms with van der Waals surface area (Å²) in [5.41, 5.74) is 0.759. The molecule has 0 radical (unpaired) electrons. The van der Waals surface area contributed by atoms with Gasteiger partial charge in [0.25, 0.3) is 0 Å². The van der Waals surface area contributed by atoms with E-state index in [1.807, 2.05) is 0 Å². The van der Waals surface area contributed by atoms with Gasteiger partial charge in [-0.25, -0.2) is 14.8 Å². The van der Waals surface area contributed by atoms with Gasteiger partial charge in [-0.3, -0.25) is 4.79 Å². The molecular weight excluding hydrogens is 260 g/mol. The third kappa shape index (κ3) is 4.18. The average Bonchev–Trinajstić information content (AvgIpc) is 2.92. The monoisotopic (exact) mass is 278 g/mol. The second kappa shape index (κ2) is 6.83. The van der Waals surface area contributed by atoms with Crippen LogP contribution >= 0.6 is 0 Å². The van der Waals surface area contributed by atoms with Crippen LogP contribution in [0.2, 0.25) is 0 Å². The molecule has 1 aromatic heterocycles. The van der Waals surface area contributed by atoms with E-state index in [1.165, 1.54) is 6.33 Å². The van der Waals surface area contributed by atoms with E-state index in [2.05, 4.69) is 15.3 Å². The number of nitrogens with one attached hydrogen (secondary N) is 1. The Morgan fingerprint density at radius 1 is 1.50 bits per heavy atom. The van der Waals surface area contributed by atoms with Gasteiger partial charge in [0.15, 0.2) is 0 Å². The number of amides is 2. The summed E-state index contributed by atoms with van der Waals surface area (Å²) in [6, 6.07) is 1.63. The van der Waals surface area contributed by atoms with Crippen molar-refractivity contribution in [2.24, 2.45) is 5.92 Å². The fourth-order valence-electron chi connectivity index (χ4n) is 2.28. The second-order valence-electron chi connectivity index (χ2n) is 4.89. The lowest BCUT2D eigenvalue weighted by Gasteiger charge is -2.17. The molecule has 108 valence electrons. The van der Waals surface area contributed by atoms with Crippen LogP contribution in [0.3, 0.4) is 0 Å². The first-order chi connectivity index (χ1) is 9.65. The molecule has 0 spiro atoms. The minimum absolute atomic E-state index is 0.124. The predicted octanol–water partition coefficient (Wildman–Crippen LogP) is 0.873. The Balaban J connectivity index is 1.73. The summed E-state index contributed by atoms with van der Waals surface area (Å²) in [5.74, 6) is -0.493. The molecule has 1 fully saturated rings. The van der Waals surface area contributed by atoms with Crippen LogP contribution in [0.15, 0.2) is 18.6 Å². The fourth-order valence-corrected chi connectivity index (χ4v) is 2.28. The Morgan fingerprint density at radius 3 is 3.05 bits per heavy atom. The van der Waals surface area contributed by atoms with E-state index in [0.717, 1.165) is 12.1 Å². The quantitative estimate of drug-likeness (QED) is 0.833. The zero-order valence-corrected chi connectivity index (χ0v) is 11.2. The smallest absolute Gasteiger partial charge is 0.317 e. The molecule has 1 aliphatic heterocycles. The highest BCUT2D eigenvalue weighted by atomic mass is 16.4. The van der Waals surface area contributed by atoms with Crippen molar-refractivity contribution in [3.05, 3.63) is 24.3 Å². The van der Waals surface area contributed by atoms with Crippen molar-refractivity contribution < 1.29 is 14.7 Å². The van der Waals surface area contributed by atoms with Gasteiger partial charge < -0.3 is 15.3 Å². The van der Waals surface area contributed by atoms with Gasteiger partial charge in [0.05, 0.1) is 12.2 Å². The van der Waals surface area contributed by atoms with Gasteiger partial charge >= 0.3 is 12.0 Å². The Morgan fingerprint density at radius 2 is 2.35 bits per heavy atom. The first-order valence-corrected chi connectivity index (χ1v) is 6.64. The summed E-state index contributed by atoms with van der Waals surface area (Å²) < 4.78 is 0. The summed E-state index contributed by atoms with van der Waals surface area (Å²) in [6.07, 6.45) is 4.74. The van der Waals surface area contributed by atoms with Gasteiger partial charge in [0.2, 0.25) is 0 Å². The van der Waals surface area contributed by atoms with E-state index < -0.39 is 5.97 Å². The third-order valence-corrected chi connectivity index (χ3v) is 3.40. The first kappa shape index (κ1) is 14.2. The number of aliphatic carboxylic acids is 1. The number of hydrogen-bond acceptors (Lipinski definition) is 4. The SMILES string of the molecule is O=C(O)CCC1CCN(C(=O)NCc2ccncn2)C1. The van der Waals surface area contributed by atoms with E-state index in [1.54, 1.807) is 17.2 Å². The number of hydrogen-bond donors (Lipinski definition) is 2. The summed E-state index contributed by atoms with van der Waals surface area (Å²) in [4.78, 5) is 32.1. The Hall–Kier alpha value is -2.18. The standard InChI is InChI=1S/C13H18N4O3/c18-12(19)2-1-10-4-6-17(8-10)13(20)15-7-11-3-5-14-9-16-11/h3,5,9-10H,1-2,4,6-8H2,(H,15,20)(H,18,19). The van der Waals surface area contributed by atoms with Gasteiger partial charge in [-0.05, 0) is 24.8 Å². The lowest BCUT2D eigenvalue weighted by Crippen LogP contribution is -2.38. The lowest BCUT2D eigenvalue weighted by atomic mass is 10.0. The molecule has 1 atom stereocenters. The van der Waals surface area contributed by atoms with Gasteiger partial charge in [-0.15, -0.1) is 0 Å². The second-order valence-corrected chi connectivity index (χ2v) is 4.89. The maximum atomic E-state index is 12.0. The largest absolute Gasteiger partial charge is 0.481 e. The highest BCUT2D eigenvalue weighted by molar-refractivity contribution is 5.74. The number of carboxylic acids is 1. The molecule has 0 bridgehead atoms. The lowest BCUT2D eigenvalue weighted by molar-refractivity contribution is -0.137. The van der Waals surface area contributed by atoms with Gasteiger partial charge in [-0.1, -0.05) is 0 Å². The van der Waals surface area contributed by atoms with Gasteiger partial charge in [-0.2, -0.15) is 0 Å². The molecule has 2 N–H and O–H groups in total. The fraction of sp³-hybridized carbons (Fsp3) is 0.538. The molecule has 7 heteroatoms. The minimum atomic E-state index is -0.781. The number of urea groups is 1. The molecule has 1 saturated heterocycles. The van der Waals surface area contributed by atoms with Crippen molar-refractivity contribution in [2.75, 3.05) is 13.1 Å². The first-order valence-electron chi connectivity index (χ1n) is 6.64. The Labute approximate surface area is 117 Å². The normalized spacial score (nSPS) is 18.0. The molecular formula is C13H18N4O3. The van der Waals surface area contributed by atoms with E-state index >= 15 is 0 Å². The third-order valence-electron chi connectivity index (χ3n) is 3.40. The van der Waals surface area contributed by atoms with Crippen molar-refractivity contribution in [1.82, 2.24) is 20.2 Å². The van der Waals surface area contributed by atoms with Crippen LogP contribution in [0.5, 0.6) is 0 Å². The van der Waals surface area contributed by atoms with Crippen molar-refractivity contribution in [2.45, 2.75) is 25.8 Å². The average molecular weight is 278 g/mol.